The molecule has 2 rings (SSSR count). The molecule has 0 amide bonds. The third-order valence-corrected chi connectivity index (χ3v) is 16.8. The molecule has 0 spiro atoms. The van der Waals surface area contributed by atoms with E-state index in [9.17, 15) is 10.2 Å². The molecule has 0 aliphatic carbocycles. The molecule has 0 aliphatic rings. The van der Waals surface area contributed by atoms with Gasteiger partial charge in [0.2, 0.25) is 0 Å². The molecule has 1 aromatic carbocycles. The Morgan fingerprint density at radius 2 is 1.66 bits per heavy atom. The minimum absolute atomic E-state index is 0.0682. The first kappa shape index (κ1) is 27.3. The normalized spacial score (nSPS) is 13.8. The van der Waals surface area contributed by atoms with Crippen molar-refractivity contribution in [2.45, 2.75) is 65.1 Å². The molecule has 0 saturated heterocycles. The van der Waals surface area contributed by atoms with E-state index in [0.29, 0.717) is 19.6 Å². The van der Waals surface area contributed by atoms with Crippen LogP contribution in [0.5, 0.6) is 0 Å². The first-order valence-corrected chi connectivity index (χ1v) is 20.2. The summed E-state index contributed by atoms with van der Waals surface area (Å²) >= 11 is 0. The predicted molar refractivity (Wildman–Crippen MR) is 135 cm³/mol. The maximum absolute atomic E-state index is 9.54. The summed E-state index contributed by atoms with van der Waals surface area (Å²) in [5.74, 6) is 0. The van der Waals surface area contributed by atoms with Crippen LogP contribution in [-0.2, 0) is 13.0 Å². The van der Waals surface area contributed by atoms with Gasteiger partial charge in [-0.2, -0.15) is 0 Å². The molecule has 2 aromatic rings. The number of aromatic nitrogens is 3. The molecule has 1 aromatic heterocycles. The third kappa shape index (κ3) is 7.29. The average Bonchev–Trinajstić information content (AvgIpc) is 3.14. The van der Waals surface area contributed by atoms with Crippen molar-refractivity contribution in [3.8, 4) is 0 Å². The van der Waals surface area contributed by atoms with Gasteiger partial charge in [-0.25, -0.2) is 4.35 Å². The van der Waals surface area contributed by atoms with Crippen LogP contribution >= 0.6 is 0 Å². The SMILES string of the molecule is CCC(CO)(CO)COCCC[Si](C)(C)O[Si](C)(C)O[Si](C)(C)n1nnc2ccccc21. The van der Waals surface area contributed by atoms with Crippen molar-refractivity contribution in [1.29, 1.82) is 0 Å². The van der Waals surface area contributed by atoms with Crippen molar-refractivity contribution in [3.63, 3.8) is 0 Å². The number of benzene rings is 1. The Labute approximate surface area is 195 Å². The van der Waals surface area contributed by atoms with E-state index in [4.69, 9.17) is 13.0 Å². The molecule has 182 valence electrons. The lowest BCUT2D eigenvalue weighted by atomic mass is 9.88. The highest BCUT2D eigenvalue weighted by atomic mass is 28.5. The fourth-order valence-corrected chi connectivity index (χ4v) is 17.5. The second-order valence-corrected chi connectivity index (χ2v) is 21.9. The average molecular weight is 500 g/mol. The van der Waals surface area contributed by atoms with E-state index in [2.05, 4.69) is 49.6 Å². The largest absolute Gasteiger partial charge is 0.436 e. The van der Waals surface area contributed by atoms with Crippen molar-refractivity contribution in [3.05, 3.63) is 24.3 Å². The van der Waals surface area contributed by atoms with E-state index >= 15 is 0 Å². The van der Waals surface area contributed by atoms with Crippen molar-refractivity contribution in [2.75, 3.05) is 26.4 Å². The summed E-state index contributed by atoms with van der Waals surface area (Å²) in [6.07, 6.45) is 1.57. The molecule has 0 aliphatic heterocycles. The van der Waals surface area contributed by atoms with E-state index in [1.54, 1.807) is 0 Å². The zero-order chi connectivity index (χ0) is 24.0. The van der Waals surface area contributed by atoms with Crippen LogP contribution in [0.2, 0.25) is 45.3 Å². The molecular formula is C21H41N3O5Si3. The van der Waals surface area contributed by atoms with Gasteiger partial charge in [-0.05, 0) is 70.3 Å². The summed E-state index contributed by atoms with van der Waals surface area (Å²) in [4.78, 5) is 0. The van der Waals surface area contributed by atoms with Gasteiger partial charge in [0.25, 0.3) is 0 Å². The number of ether oxygens (including phenoxy) is 1. The van der Waals surface area contributed by atoms with Crippen LogP contribution in [0.3, 0.4) is 0 Å². The van der Waals surface area contributed by atoms with Gasteiger partial charge in [-0.1, -0.05) is 24.3 Å². The van der Waals surface area contributed by atoms with Crippen LogP contribution in [0.4, 0.5) is 0 Å². The Balaban J connectivity index is 1.90. The van der Waals surface area contributed by atoms with Crippen molar-refractivity contribution in [2.24, 2.45) is 5.41 Å². The van der Waals surface area contributed by atoms with Gasteiger partial charge >= 0.3 is 17.0 Å². The first-order valence-electron chi connectivity index (χ1n) is 11.4. The fraction of sp³-hybridized carbons (Fsp3) is 0.714. The van der Waals surface area contributed by atoms with Crippen molar-refractivity contribution < 1.29 is 23.2 Å². The number of hydrogen-bond acceptors (Lipinski definition) is 7. The lowest BCUT2D eigenvalue weighted by Gasteiger charge is -2.38. The summed E-state index contributed by atoms with van der Waals surface area (Å²) in [5.41, 5.74) is 1.33. The van der Waals surface area contributed by atoms with E-state index in [-0.39, 0.29) is 13.2 Å². The Bertz CT molecular complexity index is 848. The van der Waals surface area contributed by atoms with Crippen LogP contribution < -0.4 is 0 Å². The monoisotopic (exact) mass is 499 g/mol. The first-order chi connectivity index (χ1) is 14.9. The summed E-state index contributed by atoms with van der Waals surface area (Å²) in [6, 6.07) is 8.91. The number of rotatable bonds is 14. The van der Waals surface area contributed by atoms with E-state index in [0.717, 1.165) is 23.5 Å². The standard InChI is InChI=1S/C21H41N3O5Si3/c1-8-21(16-25,17-26)18-27-14-11-15-30(2,3)28-32(6,7)29-31(4,5)24-20-13-10-9-12-19(20)22-23-24/h9-10,12-13,25-26H,8,11,14-18H2,1-7H3. The number of fused-ring (bicyclic) bond motifs is 1. The molecule has 11 heteroatoms. The van der Waals surface area contributed by atoms with Gasteiger partial charge in [0, 0.05) is 12.0 Å². The molecule has 0 saturated carbocycles. The van der Waals surface area contributed by atoms with E-state index in [1.807, 2.05) is 35.5 Å². The van der Waals surface area contributed by atoms with Crippen LogP contribution in [0, 0.1) is 5.41 Å². The molecule has 2 N–H and O–H groups in total. The number of aliphatic hydroxyl groups is 2. The fourth-order valence-electron chi connectivity index (χ4n) is 4.00. The molecule has 0 radical (unpaired) electrons. The molecule has 1 heterocycles. The predicted octanol–water partition coefficient (Wildman–Crippen LogP) is 3.71. The third-order valence-electron chi connectivity index (χ3n) is 5.78. The number of aliphatic hydroxyl groups excluding tert-OH is 2. The highest BCUT2D eigenvalue weighted by Crippen LogP contribution is 2.26. The zero-order valence-corrected chi connectivity index (χ0v) is 23.7. The minimum Gasteiger partial charge on any atom is -0.436 e. The molecule has 0 unspecified atom stereocenters. The highest BCUT2D eigenvalue weighted by Gasteiger charge is 2.42. The Morgan fingerprint density at radius 1 is 1.00 bits per heavy atom. The molecule has 8 nitrogen and oxygen atoms in total. The number of hydrogen-bond donors (Lipinski definition) is 2. The quantitative estimate of drug-likeness (QED) is 0.302. The molecule has 32 heavy (non-hydrogen) atoms. The molecule has 0 bridgehead atoms. The summed E-state index contributed by atoms with van der Waals surface area (Å²) in [6.45, 7) is 15.7. The smallest absolute Gasteiger partial charge is 0.312 e. The van der Waals surface area contributed by atoms with Crippen LogP contribution in [0.25, 0.3) is 11.0 Å². The van der Waals surface area contributed by atoms with Gasteiger partial charge in [-0.15, -0.1) is 5.10 Å². The van der Waals surface area contributed by atoms with Crippen LogP contribution in [0.1, 0.15) is 19.8 Å². The Morgan fingerprint density at radius 3 is 2.28 bits per heavy atom. The van der Waals surface area contributed by atoms with E-state index in [1.165, 1.54) is 0 Å². The number of para-hydroxylation sites is 1. The summed E-state index contributed by atoms with van der Waals surface area (Å²) in [5, 5.41) is 27.8. The Hall–Kier alpha value is -0.929. The second kappa shape index (κ2) is 11.0. The lowest BCUT2D eigenvalue weighted by Crippen LogP contribution is -2.55. The number of nitrogens with zero attached hydrogens (tertiary/aromatic N) is 3. The summed E-state index contributed by atoms with van der Waals surface area (Å²) in [7, 11) is -6.74. The van der Waals surface area contributed by atoms with Gasteiger partial charge in [0.1, 0.15) is 5.52 Å². The summed E-state index contributed by atoms with van der Waals surface area (Å²) < 4.78 is 21.1. The van der Waals surface area contributed by atoms with Crippen LogP contribution in [-0.4, -0.2) is 76.7 Å². The molecular weight excluding hydrogens is 459 g/mol. The second-order valence-electron chi connectivity index (χ2n) is 10.1. The minimum atomic E-state index is -2.41. The topological polar surface area (TPSA) is 98.9 Å². The van der Waals surface area contributed by atoms with Gasteiger partial charge < -0.3 is 23.2 Å². The lowest BCUT2D eigenvalue weighted by molar-refractivity contribution is -0.0297. The van der Waals surface area contributed by atoms with Gasteiger partial charge in [-0.3, -0.25) is 0 Å². The van der Waals surface area contributed by atoms with E-state index < -0.39 is 30.8 Å². The zero-order valence-electron chi connectivity index (χ0n) is 20.7. The molecule has 0 fully saturated rings. The maximum atomic E-state index is 9.54. The van der Waals surface area contributed by atoms with Gasteiger partial charge in [0.15, 0.2) is 8.32 Å². The Kier molecular flexibility index (Phi) is 9.39. The highest BCUT2D eigenvalue weighted by molar-refractivity contribution is 6.87. The maximum Gasteiger partial charge on any atom is 0.312 e. The van der Waals surface area contributed by atoms with Gasteiger partial charge in [0.05, 0.1) is 25.3 Å². The van der Waals surface area contributed by atoms with Crippen molar-refractivity contribution in [1.82, 2.24) is 14.7 Å². The van der Waals surface area contributed by atoms with Crippen LogP contribution in [0.15, 0.2) is 24.3 Å². The van der Waals surface area contributed by atoms with Crippen molar-refractivity contribution >= 4 is 36.4 Å². The molecule has 0 atom stereocenters.